The third kappa shape index (κ3) is 2.67. The van der Waals surface area contributed by atoms with Gasteiger partial charge in [-0.1, -0.05) is 36.4 Å². The lowest BCUT2D eigenvalue weighted by atomic mass is 9.78. The second-order valence-electron chi connectivity index (χ2n) is 5.13. The van der Waals surface area contributed by atoms with Crippen molar-refractivity contribution in [3.8, 4) is 5.75 Å². The maximum absolute atomic E-state index is 10.7. The van der Waals surface area contributed by atoms with Gasteiger partial charge >= 0.3 is 5.97 Å². The molecular formula is C17H16O3. The third-order valence-corrected chi connectivity index (χ3v) is 3.67. The van der Waals surface area contributed by atoms with Crippen LogP contribution >= 0.6 is 0 Å². The van der Waals surface area contributed by atoms with Crippen molar-refractivity contribution >= 4 is 5.97 Å². The van der Waals surface area contributed by atoms with E-state index in [1.165, 1.54) is 11.1 Å². The molecule has 1 atom stereocenters. The zero-order valence-electron chi connectivity index (χ0n) is 11.1. The largest absolute Gasteiger partial charge is 0.493 e. The fourth-order valence-corrected chi connectivity index (χ4v) is 2.63. The number of fused-ring (bicyclic) bond motifs is 1. The van der Waals surface area contributed by atoms with Crippen LogP contribution in [0.1, 0.15) is 22.6 Å². The molecule has 20 heavy (non-hydrogen) atoms. The van der Waals surface area contributed by atoms with E-state index in [-0.39, 0.29) is 6.42 Å². The summed E-state index contributed by atoms with van der Waals surface area (Å²) in [5.74, 6) is 0.373. The molecule has 102 valence electrons. The molecule has 2 aromatic carbocycles. The predicted octanol–water partition coefficient (Wildman–Crippen LogP) is 3.03. The standard InChI is InChI=1S/C17H16O3/c18-17(19)9-12-4-3-6-15(8-12)20-11-14-10-13-5-1-2-7-16(13)14/h1-8,14H,9-11H2,(H,18,19). The lowest BCUT2D eigenvalue weighted by Crippen LogP contribution is -2.23. The second-order valence-corrected chi connectivity index (χ2v) is 5.13. The molecule has 0 aliphatic heterocycles. The van der Waals surface area contributed by atoms with E-state index in [0.717, 1.165) is 17.7 Å². The second kappa shape index (κ2) is 5.37. The Bertz CT molecular complexity index is 634. The molecule has 0 fully saturated rings. The molecule has 1 aliphatic rings. The van der Waals surface area contributed by atoms with Crippen LogP contribution in [0, 0.1) is 0 Å². The summed E-state index contributed by atoms with van der Waals surface area (Å²) in [6, 6.07) is 15.7. The van der Waals surface area contributed by atoms with Gasteiger partial charge in [-0.3, -0.25) is 4.79 Å². The highest BCUT2D eigenvalue weighted by atomic mass is 16.5. The number of hydrogen-bond donors (Lipinski definition) is 1. The minimum atomic E-state index is -0.824. The molecule has 3 heteroatoms. The number of carboxylic acids is 1. The van der Waals surface area contributed by atoms with Gasteiger partial charge in [-0.25, -0.2) is 0 Å². The Kier molecular flexibility index (Phi) is 3.42. The molecule has 0 radical (unpaired) electrons. The summed E-state index contributed by atoms with van der Waals surface area (Å²) in [6.45, 7) is 0.646. The number of ether oxygens (including phenoxy) is 1. The lowest BCUT2D eigenvalue weighted by molar-refractivity contribution is -0.136. The first-order chi connectivity index (χ1) is 9.72. The van der Waals surface area contributed by atoms with Crippen molar-refractivity contribution in [1.82, 2.24) is 0 Å². The molecule has 0 spiro atoms. The fourth-order valence-electron chi connectivity index (χ4n) is 2.63. The Morgan fingerprint density at radius 3 is 2.85 bits per heavy atom. The lowest BCUT2D eigenvalue weighted by Gasteiger charge is -2.29. The molecule has 3 nitrogen and oxygen atoms in total. The van der Waals surface area contributed by atoms with Gasteiger partial charge in [0.2, 0.25) is 0 Å². The van der Waals surface area contributed by atoms with Gasteiger partial charge in [-0.2, -0.15) is 0 Å². The molecule has 0 bridgehead atoms. The van der Waals surface area contributed by atoms with Gasteiger partial charge in [0.05, 0.1) is 13.0 Å². The number of rotatable bonds is 5. The molecule has 1 aliphatic carbocycles. The van der Waals surface area contributed by atoms with Crippen LogP contribution in [-0.4, -0.2) is 17.7 Å². The van der Waals surface area contributed by atoms with E-state index in [1.807, 2.05) is 12.1 Å². The summed E-state index contributed by atoms with van der Waals surface area (Å²) in [7, 11) is 0. The molecular weight excluding hydrogens is 252 g/mol. The summed E-state index contributed by atoms with van der Waals surface area (Å²) in [5.41, 5.74) is 3.54. The van der Waals surface area contributed by atoms with Gasteiger partial charge in [-0.05, 0) is 35.2 Å². The van der Waals surface area contributed by atoms with Gasteiger partial charge in [-0.15, -0.1) is 0 Å². The van der Waals surface area contributed by atoms with Crippen LogP contribution in [0.25, 0.3) is 0 Å². The number of carboxylic acid groups (broad SMARTS) is 1. The molecule has 2 aromatic rings. The molecule has 0 amide bonds. The summed E-state index contributed by atoms with van der Waals surface area (Å²) in [5, 5.41) is 8.79. The molecule has 1 unspecified atom stereocenters. The fraction of sp³-hybridized carbons (Fsp3) is 0.235. The summed E-state index contributed by atoms with van der Waals surface area (Å²) in [6.07, 6.45) is 1.09. The van der Waals surface area contributed by atoms with E-state index in [4.69, 9.17) is 9.84 Å². The zero-order chi connectivity index (χ0) is 13.9. The Morgan fingerprint density at radius 1 is 1.20 bits per heavy atom. The Balaban J connectivity index is 1.61. The van der Waals surface area contributed by atoms with Crippen molar-refractivity contribution in [2.24, 2.45) is 0 Å². The first-order valence-corrected chi connectivity index (χ1v) is 6.74. The molecule has 0 saturated heterocycles. The quantitative estimate of drug-likeness (QED) is 0.906. The number of aliphatic carboxylic acids is 1. The van der Waals surface area contributed by atoms with E-state index in [9.17, 15) is 4.79 Å². The maximum atomic E-state index is 10.7. The smallest absolute Gasteiger partial charge is 0.307 e. The van der Waals surface area contributed by atoms with E-state index in [0.29, 0.717) is 12.5 Å². The topological polar surface area (TPSA) is 46.5 Å². The average Bonchev–Trinajstić information content (AvgIpc) is 2.39. The maximum Gasteiger partial charge on any atom is 0.307 e. The van der Waals surface area contributed by atoms with E-state index < -0.39 is 5.97 Å². The molecule has 3 rings (SSSR count). The highest BCUT2D eigenvalue weighted by Crippen LogP contribution is 2.35. The molecule has 0 heterocycles. The Labute approximate surface area is 117 Å². The first kappa shape index (κ1) is 12.7. The van der Waals surface area contributed by atoms with Crippen LogP contribution in [-0.2, 0) is 17.6 Å². The first-order valence-electron chi connectivity index (χ1n) is 6.74. The third-order valence-electron chi connectivity index (χ3n) is 3.67. The monoisotopic (exact) mass is 268 g/mol. The molecule has 0 aromatic heterocycles. The summed E-state index contributed by atoms with van der Waals surface area (Å²) in [4.78, 5) is 10.7. The van der Waals surface area contributed by atoms with Crippen LogP contribution in [0.4, 0.5) is 0 Å². The van der Waals surface area contributed by atoms with Crippen LogP contribution < -0.4 is 4.74 Å². The van der Waals surface area contributed by atoms with E-state index >= 15 is 0 Å². The van der Waals surface area contributed by atoms with Crippen LogP contribution in [0.3, 0.4) is 0 Å². The molecule has 0 saturated carbocycles. The van der Waals surface area contributed by atoms with Gasteiger partial charge in [0, 0.05) is 5.92 Å². The van der Waals surface area contributed by atoms with Crippen LogP contribution in [0.2, 0.25) is 0 Å². The Hall–Kier alpha value is -2.29. The minimum absolute atomic E-state index is 0.0312. The van der Waals surface area contributed by atoms with Crippen molar-refractivity contribution in [2.75, 3.05) is 6.61 Å². The van der Waals surface area contributed by atoms with Crippen LogP contribution in [0.15, 0.2) is 48.5 Å². The van der Waals surface area contributed by atoms with Crippen molar-refractivity contribution in [3.05, 3.63) is 65.2 Å². The summed E-state index contributed by atoms with van der Waals surface area (Å²) >= 11 is 0. The van der Waals surface area contributed by atoms with Gasteiger partial charge in [0.25, 0.3) is 0 Å². The van der Waals surface area contributed by atoms with Crippen molar-refractivity contribution in [3.63, 3.8) is 0 Å². The molecule has 1 N–H and O–H groups in total. The highest BCUT2D eigenvalue weighted by Gasteiger charge is 2.25. The van der Waals surface area contributed by atoms with E-state index in [2.05, 4.69) is 24.3 Å². The average molecular weight is 268 g/mol. The van der Waals surface area contributed by atoms with E-state index in [1.54, 1.807) is 12.1 Å². The number of benzene rings is 2. The van der Waals surface area contributed by atoms with Crippen molar-refractivity contribution in [2.45, 2.75) is 18.8 Å². The summed E-state index contributed by atoms with van der Waals surface area (Å²) < 4.78 is 5.80. The van der Waals surface area contributed by atoms with Gasteiger partial charge < -0.3 is 9.84 Å². The SMILES string of the molecule is O=C(O)Cc1cccc(OCC2Cc3ccccc32)c1. The van der Waals surface area contributed by atoms with Gasteiger partial charge in [0.15, 0.2) is 0 Å². The van der Waals surface area contributed by atoms with Crippen molar-refractivity contribution in [1.29, 1.82) is 0 Å². The predicted molar refractivity (Wildman–Crippen MR) is 76.2 cm³/mol. The number of hydrogen-bond acceptors (Lipinski definition) is 2. The highest BCUT2D eigenvalue weighted by molar-refractivity contribution is 5.70. The number of carbonyl (C=O) groups is 1. The van der Waals surface area contributed by atoms with Crippen LogP contribution in [0.5, 0.6) is 5.75 Å². The normalized spacial score (nSPS) is 16.1. The van der Waals surface area contributed by atoms with Gasteiger partial charge in [0.1, 0.15) is 5.75 Å². The van der Waals surface area contributed by atoms with Crippen molar-refractivity contribution < 1.29 is 14.6 Å². The zero-order valence-corrected chi connectivity index (χ0v) is 11.1. The Morgan fingerprint density at radius 2 is 2.05 bits per heavy atom. The minimum Gasteiger partial charge on any atom is -0.493 e.